The molecule has 1 heterocycles. The van der Waals surface area contributed by atoms with Gasteiger partial charge in [-0.3, -0.25) is 0 Å². The largest absolute Gasteiger partial charge is 0.355 e. The molecule has 0 fully saturated rings. The summed E-state index contributed by atoms with van der Waals surface area (Å²) in [5.41, 5.74) is 2.61. The number of nitrogens with one attached hydrogen (secondary N) is 2. The average molecular weight is 315 g/mol. The van der Waals surface area contributed by atoms with E-state index in [9.17, 15) is 9.59 Å². The van der Waals surface area contributed by atoms with Gasteiger partial charge in [-0.05, 0) is 24.3 Å². The van der Waals surface area contributed by atoms with Gasteiger partial charge in [-0.2, -0.15) is 4.90 Å². The number of carbonyl (C=O) groups excluding carboxylic acids is 2. The van der Waals surface area contributed by atoms with Crippen molar-refractivity contribution in [2.75, 3.05) is 5.32 Å². The molecule has 0 unspecified atom stereocenters. The van der Waals surface area contributed by atoms with E-state index in [0.29, 0.717) is 5.69 Å². The number of imide groups is 1. The van der Waals surface area contributed by atoms with Gasteiger partial charge < -0.3 is 5.32 Å². The Morgan fingerprint density at radius 2 is 1.29 bits per heavy atom. The molecule has 3 aromatic rings. The number of quaternary nitrogens is 1. The molecule has 3 aromatic carbocycles. The van der Waals surface area contributed by atoms with Crippen molar-refractivity contribution in [2.24, 2.45) is 0 Å². The number of para-hydroxylation sites is 1. The molecule has 0 bridgehead atoms. The summed E-state index contributed by atoms with van der Waals surface area (Å²) in [6, 6.07) is 21.4. The summed E-state index contributed by atoms with van der Waals surface area (Å²) in [5, 5.41) is 5.25. The van der Waals surface area contributed by atoms with Crippen LogP contribution in [0.15, 0.2) is 78.9 Å². The molecule has 4 rings (SSSR count). The molecule has 0 saturated carbocycles. The quantitative estimate of drug-likeness (QED) is 0.731. The van der Waals surface area contributed by atoms with E-state index in [1.54, 1.807) is 0 Å². The van der Waals surface area contributed by atoms with Crippen LogP contribution in [0.25, 0.3) is 10.8 Å². The molecular formula is C20H15N2O2+. The van der Waals surface area contributed by atoms with Crippen molar-refractivity contribution in [3.05, 3.63) is 78.9 Å². The van der Waals surface area contributed by atoms with Crippen molar-refractivity contribution < 1.29 is 14.5 Å². The van der Waals surface area contributed by atoms with E-state index in [4.69, 9.17) is 0 Å². The zero-order valence-electron chi connectivity index (χ0n) is 12.8. The minimum absolute atomic E-state index is 0.228. The van der Waals surface area contributed by atoms with Crippen LogP contribution in [-0.2, 0) is 9.59 Å². The molecule has 2 N–H and O–H groups in total. The molecule has 2 amide bonds. The molecule has 0 aliphatic carbocycles. The molecule has 24 heavy (non-hydrogen) atoms. The summed E-state index contributed by atoms with van der Waals surface area (Å²) >= 11 is 0. The summed E-state index contributed by atoms with van der Waals surface area (Å²) in [6.45, 7) is 0. The van der Waals surface area contributed by atoms with Gasteiger partial charge in [-0.15, -0.1) is 0 Å². The van der Waals surface area contributed by atoms with Crippen LogP contribution in [0.4, 0.5) is 17.1 Å². The minimum Gasteiger partial charge on any atom is -0.355 e. The van der Waals surface area contributed by atoms with Crippen molar-refractivity contribution >= 4 is 39.6 Å². The van der Waals surface area contributed by atoms with E-state index in [-0.39, 0.29) is 16.7 Å². The third-order valence-electron chi connectivity index (χ3n) is 4.13. The minimum atomic E-state index is -0.228. The Kier molecular flexibility index (Phi) is 3.44. The Balaban J connectivity index is 1.84. The number of rotatable bonds is 3. The topological polar surface area (TPSA) is 50.6 Å². The number of anilines is 2. The van der Waals surface area contributed by atoms with Gasteiger partial charge in [-0.1, -0.05) is 36.4 Å². The number of amides is 2. The molecule has 116 valence electrons. The fourth-order valence-corrected chi connectivity index (χ4v) is 3.01. The second-order valence-electron chi connectivity index (χ2n) is 5.63. The first-order valence-corrected chi connectivity index (χ1v) is 7.72. The van der Waals surface area contributed by atoms with Gasteiger partial charge in [-0.25, -0.2) is 9.59 Å². The Hall–Kier alpha value is -3.24. The lowest BCUT2D eigenvalue weighted by atomic mass is 10.1. The fourth-order valence-electron chi connectivity index (χ4n) is 3.01. The molecule has 0 saturated heterocycles. The number of hydrogen-bond acceptors (Lipinski definition) is 3. The van der Waals surface area contributed by atoms with Crippen LogP contribution in [0.1, 0.15) is 0 Å². The first-order valence-electron chi connectivity index (χ1n) is 7.72. The fraction of sp³-hybridized carbons (Fsp3) is 0. The van der Waals surface area contributed by atoms with Crippen molar-refractivity contribution in [3.63, 3.8) is 0 Å². The van der Waals surface area contributed by atoms with Gasteiger partial charge in [0.15, 0.2) is 5.69 Å². The SMILES string of the molecule is O=C1C=CC(=O)[NH+]1c1ccc(Nc2ccccc2)c2ccccc12. The van der Waals surface area contributed by atoms with Gasteiger partial charge in [0.1, 0.15) is 0 Å². The Morgan fingerprint density at radius 3 is 2.00 bits per heavy atom. The third-order valence-corrected chi connectivity index (χ3v) is 4.13. The van der Waals surface area contributed by atoms with Crippen LogP contribution in [0.5, 0.6) is 0 Å². The molecule has 4 nitrogen and oxygen atoms in total. The lowest BCUT2D eigenvalue weighted by Gasteiger charge is -2.14. The molecule has 1 aliphatic rings. The van der Waals surface area contributed by atoms with Crippen molar-refractivity contribution in [2.45, 2.75) is 0 Å². The van der Waals surface area contributed by atoms with Crippen LogP contribution in [-0.4, -0.2) is 11.8 Å². The monoisotopic (exact) mass is 315 g/mol. The van der Waals surface area contributed by atoms with Crippen LogP contribution in [0, 0.1) is 0 Å². The summed E-state index contributed by atoms with van der Waals surface area (Å²) < 4.78 is 0. The van der Waals surface area contributed by atoms with E-state index in [1.807, 2.05) is 66.7 Å². The molecule has 0 atom stereocenters. The second-order valence-corrected chi connectivity index (χ2v) is 5.63. The van der Waals surface area contributed by atoms with Gasteiger partial charge in [0.25, 0.3) is 0 Å². The maximum atomic E-state index is 12.0. The van der Waals surface area contributed by atoms with Gasteiger partial charge >= 0.3 is 11.8 Å². The highest BCUT2D eigenvalue weighted by Gasteiger charge is 2.33. The van der Waals surface area contributed by atoms with Crippen LogP contribution in [0.3, 0.4) is 0 Å². The van der Waals surface area contributed by atoms with Crippen molar-refractivity contribution in [1.82, 2.24) is 0 Å². The van der Waals surface area contributed by atoms with Gasteiger partial charge in [0.2, 0.25) is 0 Å². The third kappa shape index (κ3) is 2.39. The van der Waals surface area contributed by atoms with E-state index in [0.717, 1.165) is 22.1 Å². The first kappa shape index (κ1) is 14.4. The maximum absolute atomic E-state index is 12.0. The summed E-state index contributed by atoms with van der Waals surface area (Å²) in [6.07, 6.45) is 2.67. The number of benzene rings is 3. The van der Waals surface area contributed by atoms with E-state index in [1.165, 1.54) is 12.2 Å². The zero-order chi connectivity index (χ0) is 16.5. The van der Waals surface area contributed by atoms with E-state index >= 15 is 0 Å². The highest BCUT2D eigenvalue weighted by atomic mass is 16.2. The lowest BCUT2D eigenvalue weighted by molar-refractivity contribution is -0.653. The van der Waals surface area contributed by atoms with E-state index < -0.39 is 0 Å². The molecular weight excluding hydrogens is 300 g/mol. The Bertz CT molecular complexity index is 959. The molecule has 4 heteroatoms. The van der Waals surface area contributed by atoms with Crippen LogP contribution in [0.2, 0.25) is 0 Å². The smallest absolute Gasteiger partial charge is 0.350 e. The molecule has 1 aliphatic heterocycles. The van der Waals surface area contributed by atoms with Gasteiger partial charge in [0.05, 0.1) is 12.2 Å². The first-order chi connectivity index (χ1) is 11.7. The summed E-state index contributed by atoms with van der Waals surface area (Å²) in [7, 11) is 0. The summed E-state index contributed by atoms with van der Waals surface area (Å²) in [5.74, 6) is -0.456. The van der Waals surface area contributed by atoms with Crippen molar-refractivity contribution in [1.29, 1.82) is 0 Å². The predicted molar refractivity (Wildman–Crippen MR) is 93.4 cm³/mol. The molecule has 0 spiro atoms. The van der Waals surface area contributed by atoms with Gasteiger partial charge in [0, 0.05) is 28.2 Å². The predicted octanol–water partition coefficient (Wildman–Crippen LogP) is 2.72. The van der Waals surface area contributed by atoms with Crippen LogP contribution >= 0.6 is 0 Å². The van der Waals surface area contributed by atoms with Crippen molar-refractivity contribution in [3.8, 4) is 0 Å². The summed E-state index contributed by atoms with van der Waals surface area (Å²) in [4.78, 5) is 24.3. The molecule has 0 radical (unpaired) electrons. The lowest BCUT2D eigenvalue weighted by Crippen LogP contribution is -3.10. The normalized spacial score (nSPS) is 14.5. The second kappa shape index (κ2) is 5.76. The highest BCUT2D eigenvalue weighted by Crippen LogP contribution is 2.30. The zero-order valence-corrected chi connectivity index (χ0v) is 12.8. The average Bonchev–Trinajstić information content (AvgIpc) is 2.95. The number of carbonyl (C=O) groups is 2. The Morgan fingerprint density at radius 1 is 0.667 bits per heavy atom. The Labute approximate surface area is 139 Å². The van der Waals surface area contributed by atoms with E-state index in [2.05, 4.69) is 5.32 Å². The highest BCUT2D eigenvalue weighted by molar-refractivity contribution is 6.08. The molecule has 0 aromatic heterocycles. The standard InChI is InChI=1S/C20H14N2O2/c23-19-12-13-20(24)22(19)18-11-10-17(15-8-4-5-9-16(15)18)21-14-6-2-1-3-7-14/h1-13,21H/p+1. The number of hydrogen-bond donors (Lipinski definition) is 2. The maximum Gasteiger partial charge on any atom is 0.350 e. The van der Waals surface area contributed by atoms with Crippen LogP contribution < -0.4 is 10.2 Å². The number of fused-ring (bicyclic) bond motifs is 1.